The van der Waals surface area contributed by atoms with Crippen molar-refractivity contribution in [2.24, 2.45) is 0 Å². The predicted molar refractivity (Wildman–Crippen MR) is 123 cm³/mol. The van der Waals surface area contributed by atoms with E-state index in [1.54, 1.807) is 0 Å². The van der Waals surface area contributed by atoms with Crippen molar-refractivity contribution in [3.8, 4) is 0 Å². The van der Waals surface area contributed by atoms with E-state index < -0.39 is 6.10 Å². The van der Waals surface area contributed by atoms with Crippen LogP contribution in [0.2, 0.25) is 10.0 Å². The Kier molecular flexibility index (Phi) is 7.59. The van der Waals surface area contributed by atoms with E-state index >= 15 is 0 Å². The average molecular weight is 418 g/mol. The molecule has 0 bridgehead atoms. The molecule has 3 rings (SSSR count). The Labute approximate surface area is 178 Å². The zero-order valence-electron chi connectivity index (χ0n) is 16.7. The molecule has 0 aliphatic carbocycles. The molecule has 0 saturated carbocycles. The molecule has 0 spiro atoms. The van der Waals surface area contributed by atoms with E-state index in [1.165, 1.54) is 0 Å². The number of aliphatic hydroxyl groups is 1. The number of hydrogen-bond acceptors (Lipinski definition) is 2. The van der Waals surface area contributed by atoms with Gasteiger partial charge in [-0.05, 0) is 66.5 Å². The minimum Gasteiger partial charge on any atom is -0.387 e. The molecule has 150 valence electrons. The van der Waals surface area contributed by atoms with E-state index in [-0.39, 0.29) is 0 Å². The van der Waals surface area contributed by atoms with Gasteiger partial charge in [-0.2, -0.15) is 0 Å². The second kappa shape index (κ2) is 9.93. The molecule has 0 fully saturated rings. The van der Waals surface area contributed by atoms with Gasteiger partial charge in [0.05, 0.1) is 6.10 Å². The van der Waals surface area contributed by atoms with E-state index in [4.69, 9.17) is 23.2 Å². The molecule has 2 nitrogen and oxygen atoms in total. The van der Waals surface area contributed by atoms with Crippen LogP contribution in [0.25, 0.3) is 21.5 Å². The molecule has 3 aromatic rings. The topological polar surface area (TPSA) is 23.5 Å². The van der Waals surface area contributed by atoms with Gasteiger partial charge in [0.15, 0.2) is 0 Å². The van der Waals surface area contributed by atoms with Gasteiger partial charge in [-0.1, -0.05) is 68.1 Å². The van der Waals surface area contributed by atoms with E-state index in [1.807, 2.05) is 30.3 Å². The van der Waals surface area contributed by atoms with Crippen molar-refractivity contribution in [3.05, 3.63) is 58.1 Å². The Hall–Kier alpha value is -1.32. The Morgan fingerprint density at radius 3 is 2.21 bits per heavy atom. The number of unbranched alkanes of at least 4 members (excludes halogenated alkanes) is 2. The van der Waals surface area contributed by atoms with E-state index in [2.05, 4.69) is 30.9 Å². The Balaban J connectivity index is 1.98. The van der Waals surface area contributed by atoms with Gasteiger partial charge in [-0.3, -0.25) is 0 Å². The second-order valence-electron chi connectivity index (χ2n) is 7.52. The van der Waals surface area contributed by atoms with Crippen molar-refractivity contribution in [1.82, 2.24) is 4.90 Å². The maximum Gasteiger partial charge on any atom is 0.0922 e. The molecule has 28 heavy (non-hydrogen) atoms. The van der Waals surface area contributed by atoms with Crippen LogP contribution in [0.15, 0.2) is 42.5 Å². The number of fused-ring (bicyclic) bond motifs is 2. The van der Waals surface area contributed by atoms with Gasteiger partial charge in [0, 0.05) is 27.4 Å². The lowest BCUT2D eigenvalue weighted by molar-refractivity contribution is 0.112. The third-order valence-electron chi connectivity index (χ3n) is 5.39. The maximum absolute atomic E-state index is 11.1. The molecule has 0 aromatic heterocycles. The van der Waals surface area contributed by atoms with Crippen molar-refractivity contribution in [1.29, 1.82) is 0 Å². The summed E-state index contributed by atoms with van der Waals surface area (Å²) in [5.74, 6) is 0. The first-order valence-corrected chi connectivity index (χ1v) is 11.0. The Morgan fingerprint density at radius 2 is 1.54 bits per heavy atom. The first kappa shape index (κ1) is 21.4. The highest BCUT2D eigenvalue weighted by molar-refractivity contribution is 6.38. The molecular weight excluding hydrogens is 389 g/mol. The number of benzene rings is 3. The summed E-state index contributed by atoms with van der Waals surface area (Å²) in [6.07, 6.45) is 4.06. The van der Waals surface area contributed by atoms with Crippen LogP contribution in [0, 0.1) is 0 Å². The predicted octanol–water partition coefficient (Wildman–Crippen LogP) is 7.24. The van der Waals surface area contributed by atoms with Crippen LogP contribution in [0.5, 0.6) is 0 Å². The van der Waals surface area contributed by atoms with Crippen LogP contribution in [0.1, 0.15) is 51.2 Å². The fourth-order valence-electron chi connectivity index (χ4n) is 3.76. The number of aliphatic hydroxyl groups excluding tert-OH is 1. The summed E-state index contributed by atoms with van der Waals surface area (Å²) < 4.78 is 0. The number of halogens is 2. The fraction of sp³-hybridized carbons (Fsp3) is 0.417. The molecular formula is C24H29Cl2NO. The zero-order valence-corrected chi connectivity index (χ0v) is 18.2. The van der Waals surface area contributed by atoms with Gasteiger partial charge in [0.1, 0.15) is 0 Å². The molecule has 3 aromatic carbocycles. The first-order chi connectivity index (χ1) is 13.5. The summed E-state index contributed by atoms with van der Waals surface area (Å²) in [4.78, 5) is 2.38. The lowest BCUT2D eigenvalue weighted by atomic mass is 9.96. The molecule has 0 amide bonds. The van der Waals surface area contributed by atoms with Crippen LogP contribution < -0.4 is 0 Å². The molecule has 1 N–H and O–H groups in total. The van der Waals surface area contributed by atoms with Gasteiger partial charge in [-0.15, -0.1) is 0 Å². The Bertz CT molecular complexity index is 933. The van der Waals surface area contributed by atoms with Gasteiger partial charge < -0.3 is 10.0 Å². The third-order valence-corrected chi connectivity index (χ3v) is 6.05. The summed E-state index contributed by atoms with van der Waals surface area (Å²) in [5, 5.41) is 16.5. The van der Waals surface area contributed by atoms with Crippen LogP contribution in [-0.4, -0.2) is 29.6 Å². The molecule has 0 radical (unpaired) electrons. The van der Waals surface area contributed by atoms with Crippen LogP contribution in [-0.2, 0) is 0 Å². The number of nitrogens with zero attached hydrogens (tertiary/aromatic N) is 1. The maximum atomic E-state index is 11.1. The Morgan fingerprint density at radius 1 is 0.857 bits per heavy atom. The van der Waals surface area contributed by atoms with Crippen molar-refractivity contribution >= 4 is 44.7 Å². The minimum absolute atomic E-state index is 0.562. The third kappa shape index (κ3) is 4.80. The monoisotopic (exact) mass is 417 g/mol. The van der Waals surface area contributed by atoms with Crippen molar-refractivity contribution in [3.63, 3.8) is 0 Å². The highest BCUT2D eigenvalue weighted by Gasteiger charge is 2.17. The largest absolute Gasteiger partial charge is 0.387 e. The fourth-order valence-corrected chi connectivity index (χ4v) is 4.21. The summed E-state index contributed by atoms with van der Waals surface area (Å²) in [6.45, 7) is 7.09. The summed E-state index contributed by atoms with van der Waals surface area (Å²) in [7, 11) is 0. The highest BCUT2D eigenvalue weighted by atomic mass is 35.5. The lowest BCUT2D eigenvalue weighted by Gasteiger charge is -2.26. The highest BCUT2D eigenvalue weighted by Crippen LogP contribution is 2.35. The van der Waals surface area contributed by atoms with Crippen molar-refractivity contribution < 1.29 is 5.11 Å². The zero-order chi connectivity index (χ0) is 20.1. The molecule has 0 heterocycles. The van der Waals surface area contributed by atoms with Crippen molar-refractivity contribution in [2.45, 2.75) is 45.6 Å². The van der Waals surface area contributed by atoms with Crippen LogP contribution in [0.4, 0.5) is 0 Å². The molecule has 1 unspecified atom stereocenters. The van der Waals surface area contributed by atoms with E-state index in [0.29, 0.717) is 16.6 Å². The molecule has 0 aliphatic heterocycles. The van der Waals surface area contributed by atoms with Crippen LogP contribution in [0.3, 0.4) is 0 Å². The summed E-state index contributed by atoms with van der Waals surface area (Å²) >= 11 is 12.9. The molecule has 0 aliphatic rings. The van der Waals surface area contributed by atoms with Gasteiger partial charge >= 0.3 is 0 Å². The summed E-state index contributed by atoms with van der Waals surface area (Å²) in [5.41, 5.74) is 0.916. The number of hydrogen-bond donors (Lipinski definition) is 1. The van der Waals surface area contributed by atoms with Gasteiger partial charge in [0.25, 0.3) is 0 Å². The minimum atomic E-state index is -0.562. The molecule has 1 atom stereocenters. The lowest BCUT2D eigenvalue weighted by Crippen LogP contribution is -2.30. The number of rotatable bonds is 9. The second-order valence-corrected chi connectivity index (χ2v) is 8.33. The molecule has 0 saturated heterocycles. The average Bonchev–Trinajstić information content (AvgIpc) is 2.69. The molecule has 4 heteroatoms. The standard InChI is InChI=1S/C24H29Cl2NO/c1-3-5-12-27(13-6-4-2)16-24(28)18-10-11-23(26)21-14-17-8-7-9-22(25)19(17)15-20(18)21/h7-11,14-15,24,28H,3-6,12-13,16H2,1-2H3. The van der Waals surface area contributed by atoms with Gasteiger partial charge in [0.2, 0.25) is 0 Å². The SMILES string of the molecule is CCCCN(CCCC)CC(O)c1ccc(Cl)c2cc3cccc(Cl)c3cc12. The smallest absolute Gasteiger partial charge is 0.0922 e. The van der Waals surface area contributed by atoms with Gasteiger partial charge in [-0.25, -0.2) is 0 Å². The first-order valence-electron chi connectivity index (χ1n) is 10.3. The van der Waals surface area contributed by atoms with Crippen LogP contribution >= 0.6 is 23.2 Å². The quantitative estimate of drug-likeness (QED) is 0.370. The van der Waals surface area contributed by atoms with Crippen molar-refractivity contribution in [2.75, 3.05) is 19.6 Å². The van der Waals surface area contributed by atoms with E-state index in [9.17, 15) is 5.11 Å². The summed E-state index contributed by atoms with van der Waals surface area (Å²) in [6, 6.07) is 13.9. The van der Waals surface area contributed by atoms with E-state index in [0.717, 1.165) is 65.9 Å². The normalized spacial score (nSPS) is 12.9.